The third-order valence-corrected chi connectivity index (χ3v) is 3.46. The van der Waals surface area contributed by atoms with Crippen LogP contribution in [0.15, 0.2) is 0 Å². The topological polar surface area (TPSA) is 64.4 Å². The van der Waals surface area contributed by atoms with E-state index in [1.807, 2.05) is 0 Å². The summed E-state index contributed by atoms with van der Waals surface area (Å²) in [5, 5.41) is 3.00. The van der Waals surface area contributed by atoms with Crippen molar-refractivity contribution in [3.63, 3.8) is 0 Å². The fraction of sp³-hybridized carbons (Fsp3) is 0.909. The van der Waals surface area contributed by atoms with Gasteiger partial charge in [0.1, 0.15) is 0 Å². The predicted octanol–water partition coefficient (Wildman–Crippen LogP) is 0.553. The van der Waals surface area contributed by atoms with Crippen LogP contribution in [0.25, 0.3) is 0 Å². The van der Waals surface area contributed by atoms with Gasteiger partial charge >= 0.3 is 0 Å². The van der Waals surface area contributed by atoms with Crippen LogP contribution in [0, 0.1) is 0 Å². The summed E-state index contributed by atoms with van der Waals surface area (Å²) in [7, 11) is 0. The molecule has 15 heavy (non-hydrogen) atoms. The fourth-order valence-electron chi connectivity index (χ4n) is 2.39. The van der Waals surface area contributed by atoms with Crippen molar-refractivity contribution < 1.29 is 9.53 Å². The summed E-state index contributed by atoms with van der Waals surface area (Å²) in [6.07, 6.45) is 5.93. The molecular weight excluding hydrogens is 192 g/mol. The van der Waals surface area contributed by atoms with Gasteiger partial charge < -0.3 is 15.8 Å². The maximum absolute atomic E-state index is 12.0. The van der Waals surface area contributed by atoms with E-state index in [0.29, 0.717) is 6.61 Å². The van der Waals surface area contributed by atoms with Gasteiger partial charge in [0, 0.05) is 6.61 Å². The van der Waals surface area contributed by atoms with E-state index in [2.05, 4.69) is 5.32 Å². The Morgan fingerprint density at radius 1 is 1.33 bits per heavy atom. The Morgan fingerprint density at radius 3 is 2.67 bits per heavy atom. The van der Waals surface area contributed by atoms with Crippen LogP contribution < -0.4 is 11.1 Å². The van der Waals surface area contributed by atoms with Gasteiger partial charge in [0.05, 0.1) is 18.2 Å². The molecule has 1 atom stereocenters. The lowest BCUT2D eigenvalue weighted by Crippen LogP contribution is -2.57. The molecule has 0 aromatic carbocycles. The van der Waals surface area contributed by atoms with Crippen molar-refractivity contribution in [2.24, 2.45) is 5.73 Å². The number of nitrogens with one attached hydrogen (secondary N) is 1. The highest BCUT2D eigenvalue weighted by molar-refractivity contribution is 5.86. The summed E-state index contributed by atoms with van der Waals surface area (Å²) in [5.74, 6) is 0.0256. The molecule has 0 radical (unpaired) electrons. The Labute approximate surface area is 90.5 Å². The lowest BCUT2D eigenvalue weighted by atomic mass is 9.82. The monoisotopic (exact) mass is 212 g/mol. The molecule has 0 bridgehead atoms. The predicted molar refractivity (Wildman–Crippen MR) is 57.4 cm³/mol. The van der Waals surface area contributed by atoms with E-state index < -0.39 is 5.54 Å². The Hall–Kier alpha value is -0.610. The molecule has 0 aromatic heterocycles. The molecule has 1 amide bonds. The van der Waals surface area contributed by atoms with Gasteiger partial charge in [-0.3, -0.25) is 4.79 Å². The molecule has 1 saturated carbocycles. The van der Waals surface area contributed by atoms with Crippen LogP contribution in [0.3, 0.4) is 0 Å². The highest BCUT2D eigenvalue weighted by Crippen LogP contribution is 2.26. The number of amides is 1. The van der Waals surface area contributed by atoms with Gasteiger partial charge in [0.15, 0.2) is 0 Å². The standard InChI is InChI=1S/C11H20N2O2/c12-11(5-2-1-3-6-11)10(14)13-9-4-7-15-8-9/h9H,1-8,12H2,(H,13,14). The summed E-state index contributed by atoms with van der Waals surface area (Å²) in [6.45, 7) is 1.39. The summed E-state index contributed by atoms with van der Waals surface area (Å²) in [5.41, 5.74) is 5.52. The molecule has 4 nitrogen and oxygen atoms in total. The van der Waals surface area contributed by atoms with Crippen molar-refractivity contribution in [3.8, 4) is 0 Å². The highest BCUT2D eigenvalue weighted by Gasteiger charge is 2.36. The molecule has 4 heteroatoms. The van der Waals surface area contributed by atoms with Gasteiger partial charge in [-0.05, 0) is 19.3 Å². The largest absolute Gasteiger partial charge is 0.379 e. The third kappa shape index (κ3) is 2.49. The Kier molecular flexibility index (Phi) is 3.26. The minimum atomic E-state index is -0.610. The van der Waals surface area contributed by atoms with Crippen LogP contribution in [-0.2, 0) is 9.53 Å². The number of carbonyl (C=O) groups is 1. The van der Waals surface area contributed by atoms with Gasteiger partial charge in [-0.15, -0.1) is 0 Å². The van der Waals surface area contributed by atoms with Crippen LogP contribution in [0.2, 0.25) is 0 Å². The number of carbonyl (C=O) groups excluding carboxylic acids is 1. The van der Waals surface area contributed by atoms with Crippen molar-refractivity contribution >= 4 is 5.91 Å². The number of rotatable bonds is 2. The summed E-state index contributed by atoms with van der Waals surface area (Å²) < 4.78 is 5.22. The maximum Gasteiger partial charge on any atom is 0.240 e. The smallest absolute Gasteiger partial charge is 0.240 e. The molecule has 1 aliphatic carbocycles. The maximum atomic E-state index is 12.0. The summed E-state index contributed by atoms with van der Waals surface area (Å²) in [6, 6.07) is 0.180. The lowest BCUT2D eigenvalue weighted by Gasteiger charge is -2.32. The van der Waals surface area contributed by atoms with E-state index in [1.54, 1.807) is 0 Å². The minimum Gasteiger partial charge on any atom is -0.379 e. The van der Waals surface area contributed by atoms with Crippen LogP contribution in [-0.4, -0.2) is 30.7 Å². The molecule has 1 heterocycles. The molecule has 3 N–H and O–H groups in total. The number of ether oxygens (including phenoxy) is 1. The second-order valence-electron chi connectivity index (χ2n) is 4.75. The average Bonchev–Trinajstić information content (AvgIpc) is 2.71. The molecule has 2 rings (SSSR count). The molecule has 1 aliphatic heterocycles. The first-order chi connectivity index (χ1) is 7.21. The molecule has 2 fully saturated rings. The zero-order valence-corrected chi connectivity index (χ0v) is 9.13. The Morgan fingerprint density at radius 2 is 2.07 bits per heavy atom. The quantitative estimate of drug-likeness (QED) is 0.702. The first-order valence-corrected chi connectivity index (χ1v) is 5.88. The van der Waals surface area contributed by atoms with Gasteiger partial charge in [0.2, 0.25) is 5.91 Å². The fourth-order valence-corrected chi connectivity index (χ4v) is 2.39. The second kappa shape index (κ2) is 4.49. The summed E-state index contributed by atoms with van der Waals surface area (Å²) >= 11 is 0. The molecule has 0 spiro atoms. The van der Waals surface area contributed by atoms with E-state index in [0.717, 1.165) is 38.7 Å². The minimum absolute atomic E-state index is 0.0256. The number of hydrogen-bond acceptors (Lipinski definition) is 3. The molecule has 1 unspecified atom stereocenters. The zero-order chi connectivity index (χ0) is 10.7. The van der Waals surface area contributed by atoms with Crippen LogP contribution in [0.4, 0.5) is 0 Å². The van der Waals surface area contributed by atoms with Gasteiger partial charge in [0.25, 0.3) is 0 Å². The number of hydrogen-bond donors (Lipinski definition) is 2. The lowest BCUT2D eigenvalue weighted by molar-refractivity contribution is -0.128. The van der Waals surface area contributed by atoms with Crippen molar-refractivity contribution in [2.45, 2.75) is 50.1 Å². The zero-order valence-electron chi connectivity index (χ0n) is 9.13. The van der Waals surface area contributed by atoms with Crippen LogP contribution in [0.5, 0.6) is 0 Å². The highest BCUT2D eigenvalue weighted by atomic mass is 16.5. The number of nitrogens with two attached hydrogens (primary N) is 1. The molecule has 86 valence electrons. The van der Waals surface area contributed by atoms with Gasteiger partial charge in [-0.1, -0.05) is 19.3 Å². The first-order valence-electron chi connectivity index (χ1n) is 5.88. The Balaban J connectivity index is 1.87. The SMILES string of the molecule is NC1(C(=O)NC2CCOC2)CCCCC1. The van der Waals surface area contributed by atoms with Crippen molar-refractivity contribution in [1.82, 2.24) is 5.32 Å². The van der Waals surface area contributed by atoms with E-state index in [-0.39, 0.29) is 11.9 Å². The molecule has 1 saturated heterocycles. The molecular formula is C11H20N2O2. The molecule has 0 aromatic rings. The van der Waals surface area contributed by atoms with E-state index in [9.17, 15) is 4.79 Å². The van der Waals surface area contributed by atoms with E-state index >= 15 is 0 Å². The molecule has 2 aliphatic rings. The van der Waals surface area contributed by atoms with Crippen molar-refractivity contribution in [2.75, 3.05) is 13.2 Å². The first kappa shape index (κ1) is 10.9. The average molecular weight is 212 g/mol. The normalized spacial score (nSPS) is 30.1. The Bertz CT molecular complexity index is 231. The van der Waals surface area contributed by atoms with E-state index in [4.69, 9.17) is 10.5 Å². The van der Waals surface area contributed by atoms with Crippen LogP contribution >= 0.6 is 0 Å². The van der Waals surface area contributed by atoms with Gasteiger partial charge in [-0.25, -0.2) is 0 Å². The summed E-state index contributed by atoms with van der Waals surface area (Å²) in [4.78, 5) is 12.0. The third-order valence-electron chi connectivity index (χ3n) is 3.46. The van der Waals surface area contributed by atoms with Gasteiger partial charge in [-0.2, -0.15) is 0 Å². The van der Waals surface area contributed by atoms with Crippen molar-refractivity contribution in [1.29, 1.82) is 0 Å². The van der Waals surface area contributed by atoms with Crippen molar-refractivity contribution in [3.05, 3.63) is 0 Å². The van der Waals surface area contributed by atoms with Crippen LogP contribution in [0.1, 0.15) is 38.5 Å². The van der Waals surface area contributed by atoms with E-state index in [1.165, 1.54) is 6.42 Å². The second-order valence-corrected chi connectivity index (χ2v) is 4.75.